The summed E-state index contributed by atoms with van der Waals surface area (Å²) in [5.74, 6) is 0.841. The van der Waals surface area contributed by atoms with Gasteiger partial charge in [-0.2, -0.15) is 0 Å². The Morgan fingerprint density at radius 1 is 1.22 bits per heavy atom. The van der Waals surface area contributed by atoms with Crippen molar-refractivity contribution in [3.63, 3.8) is 0 Å². The maximum Gasteiger partial charge on any atom is 0.222 e. The summed E-state index contributed by atoms with van der Waals surface area (Å²) in [5.41, 5.74) is 7.94. The first kappa shape index (κ1) is 12.5. The predicted octanol–water partition coefficient (Wildman–Crippen LogP) is 3.09. The first-order chi connectivity index (χ1) is 8.60. The molecule has 1 aromatic carbocycles. The van der Waals surface area contributed by atoms with Crippen LogP contribution in [0, 0.1) is 19.7 Å². The SMILES string of the molecule is Cc1cc(Oc2ncc(CN)cc2C)ccc1F. The Labute approximate surface area is 105 Å². The third-order valence-electron chi connectivity index (χ3n) is 2.67. The van der Waals surface area contributed by atoms with Crippen LogP contribution >= 0.6 is 0 Å². The summed E-state index contributed by atoms with van der Waals surface area (Å²) < 4.78 is 18.8. The Morgan fingerprint density at radius 2 is 2.00 bits per heavy atom. The smallest absolute Gasteiger partial charge is 0.222 e. The molecule has 0 aliphatic heterocycles. The van der Waals surface area contributed by atoms with E-state index in [9.17, 15) is 4.39 Å². The van der Waals surface area contributed by atoms with Crippen molar-refractivity contribution in [1.82, 2.24) is 4.98 Å². The van der Waals surface area contributed by atoms with Crippen molar-refractivity contribution in [3.8, 4) is 11.6 Å². The quantitative estimate of drug-likeness (QED) is 0.905. The summed E-state index contributed by atoms with van der Waals surface area (Å²) in [7, 11) is 0. The van der Waals surface area contributed by atoms with Crippen molar-refractivity contribution in [1.29, 1.82) is 0 Å². The Hall–Kier alpha value is -1.94. The van der Waals surface area contributed by atoms with Gasteiger partial charge in [-0.1, -0.05) is 0 Å². The van der Waals surface area contributed by atoms with Gasteiger partial charge in [-0.25, -0.2) is 9.37 Å². The lowest BCUT2D eigenvalue weighted by Gasteiger charge is -2.09. The van der Waals surface area contributed by atoms with Crippen LogP contribution < -0.4 is 10.5 Å². The maximum absolute atomic E-state index is 13.1. The van der Waals surface area contributed by atoms with E-state index in [0.717, 1.165) is 11.1 Å². The number of hydrogen-bond acceptors (Lipinski definition) is 3. The number of aryl methyl sites for hydroxylation is 2. The second kappa shape index (κ2) is 5.14. The van der Waals surface area contributed by atoms with E-state index in [1.807, 2.05) is 13.0 Å². The summed E-state index contributed by atoms with van der Waals surface area (Å²) in [6.07, 6.45) is 1.68. The molecule has 0 saturated carbocycles. The van der Waals surface area contributed by atoms with E-state index < -0.39 is 0 Å². The molecule has 2 rings (SSSR count). The lowest BCUT2D eigenvalue weighted by atomic mass is 10.2. The molecule has 0 aliphatic carbocycles. The van der Waals surface area contributed by atoms with Gasteiger partial charge >= 0.3 is 0 Å². The molecule has 0 bridgehead atoms. The molecule has 0 saturated heterocycles. The van der Waals surface area contributed by atoms with Gasteiger partial charge in [0.1, 0.15) is 11.6 Å². The molecule has 94 valence electrons. The second-order valence-electron chi connectivity index (χ2n) is 4.18. The largest absolute Gasteiger partial charge is 0.439 e. The molecule has 3 nitrogen and oxygen atoms in total. The van der Waals surface area contributed by atoms with E-state index in [-0.39, 0.29) is 5.82 Å². The van der Waals surface area contributed by atoms with E-state index in [2.05, 4.69) is 4.98 Å². The zero-order valence-electron chi connectivity index (χ0n) is 10.4. The molecule has 4 heteroatoms. The molecule has 0 amide bonds. The van der Waals surface area contributed by atoms with Crippen molar-refractivity contribution >= 4 is 0 Å². The third-order valence-corrected chi connectivity index (χ3v) is 2.67. The van der Waals surface area contributed by atoms with Gasteiger partial charge in [0.25, 0.3) is 0 Å². The highest BCUT2D eigenvalue weighted by molar-refractivity contribution is 5.35. The average Bonchev–Trinajstić information content (AvgIpc) is 2.36. The fraction of sp³-hybridized carbons (Fsp3) is 0.214. The van der Waals surface area contributed by atoms with Crippen molar-refractivity contribution in [2.45, 2.75) is 20.4 Å². The summed E-state index contributed by atoms with van der Waals surface area (Å²) in [4.78, 5) is 4.20. The van der Waals surface area contributed by atoms with Crippen LogP contribution in [-0.2, 0) is 6.54 Å². The van der Waals surface area contributed by atoms with E-state index in [1.54, 1.807) is 25.3 Å². The highest BCUT2D eigenvalue weighted by Crippen LogP contribution is 2.24. The molecular formula is C14H15FN2O. The Balaban J connectivity index is 2.25. The maximum atomic E-state index is 13.1. The van der Waals surface area contributed by atoms with Gasteiger partial charge in [0, 0.05) is 18.3 Å². The van der Waals surface area contributed by atoms with Crippen LogP contribution in [0.25, 0.3) is 0 Å². The first-order valence-corrected chi connectivity index (χ1v) is 5.69. The molecule has 2 N–H and O–H groups in total. The molecular weight excluding hydrogens is 231 g/mol. The zero-order valence-corrected chi connectivity index (χ0v) is 10.4. The molecule has 1 aromatic heterocycles. The number of nitrogens with zero attached hydrogens (tertiary/aromatic N) is 1. The number of benzene rings is 1. The minimum atomic E-state index is -0.245. The monoisotopic (exact) mass is 246 g/mol. The lowest BCUT2D eigenvalue weighted by Crippen LogP contribution is -1.99. The number of rotatable bonds is 3. The number of ether oxygens (including phenoxy) is 1. The molecule has 0 unspecified atom stereocenters. The Bertz CT molecular complexity index is 570. The fourth-order valence-electron chi connectivity index (χ4n) is 1.63. The van der Waals surface area contributed by atoms with E-state index >= 15 is 0 Å². The molecule has 0 radical (unpaired) electrons. The van der Waals surface area contributed by atoms with Gasteiger partial charge in [-0.05, 0) is 49.2 Å². The minimum Gasteiger partial charge on any atom is -0.439 e. The molecule has 0 fully saturated rings. The molecule has 0 atom stereocenters. The van der Waals surface area contributed by atoms with Gasteiger partial charge in [-0.3, -0.25) is 0 Å². The van der Waals surface area contributed by atoms with Crippen LogP contribution in [0.3, 0.4) is 0 Å². The molecule has 1 heterocycles. The van der Waals surface area contributed by atoms with Crippen LogP contribution in [-0.4, -0.2) is 4.98 Å². The van der Waals surface area contributed by atoms with Crippen LogP contribution in [0.4, 0.5) is 4.39 Å². The lowest BCUT2D eigenvalue weighted by molar-refractivity contribution is 0.456. The summed E-state index contributed by atoms with van der Waals surface area (Å²) in [6.45, 7) is 4.04. The highest BCUT2D eigenvalue weighted by atomic mass is 19.1. The Kier molecular flexibility index (Phi) is 3.58. The number of nitrogens with two attached hydrogens (primary N) is 1. The number of halogens is 1. The van der Waals surface area contributed by atoms with E-state index in [1.165, 1.54) is 6.07 Å². The van der Waals surface area contributed by atoms with E-state index in [0.29, 0.717) is 23.7 Å². The molecule has 0 aliphatic rings. The minimum absolute atomic E-state index is 0.245. The average molecular weight is 246 g/mol. The first-order valence-electron chi connectivity index (χ1n) is 5.69. The summed E-state index contributed by atoms with van der Waals surface area (Å²) in [6, 6.07) is 6.54. The fourth-order valence-corrected chi connectivity index (χ4v) is 1.63. The van der Waals surface area contributed by atoms with Crippen molar-refractivity contribution in [2.75, 3.05) is 0 Å². The third kappa shape index (κ3) is 2.65. The number of aromatic nitrogens is 1. The molecule has 2 aromatic rings. The normalized spacial score (nSPS) is 10.4. The number of pyridine rings is 1. The van der Waals surface area contributed by atoms with Gasteiger partial charge in [0.05, 0.1) is 0 Å². The van der Waals surface area contributed by atoms with Crippen molar-refractivity contribution in [3.05, 3.63) is 53.0 Å². The summed E-state index contributed by atoms with van der Waals surface area (Å²) >= 11 is 0. The summed E-state index contributed by atoms with van der Waals surface area (Å²) in [5, 5.41) is 0. The molecule has 0 spiro atoms. The van der Waals surface area contributed by atoms with Gasteiger partial charge in [0.2, 0.25) is 5.88 Å². The predicted molar refractivity (Wildman–Crippen MR) is 68.1 cm³/mol. The molecule has 18 heavy (non-hydrogen) atoms. The van der Waals surface area contributed by atoms with Crippen LogP contribution in [0.1, 0.15) is 16.7 Å². The Morgan fingerprint density at radius 3 is 2.61 bits per heavy atom. The standard InChI is InChI=1S/C14H15FN2O/c1-9-6-12(3-4-13(9)15)18-14-10(2)5-11(7-16)8-17-14/h3-6,8H,7,16H2,1-2H3. The van der Waals surface area contributed by atoms with Crippen molar-refractivity contribution in [2.24, 2.45) is 5.73 Å². The van der Waals surface area contributed by atoms with Crippen LogP contribution in [0.15, 0.2) is 30.5 Å². The van der Waals surface area contributed by atoms with Crippen LogP contribution in [0.5, 0.6) is 11.6 Å². The second-order valence-corrected chi connectivity index (χ2v) is 4.18. The van der Waals surface area contributed by atoms with Gasteiger partial charge in [0.15, 0.2) is 0 Å². The number of hydrogen-bond donors (Lipinski definition) is 1. The van der Waals surface area contributed by atoms with Crippen molar-refractivity contribution < 1.29 is 9.13 Å². The van der Waals surface area contributed by atoms with Gasteiger partial charge < -0.3 is 10.5 Å². The topological polar surface area (TPSA) is 48.1 Å². The van der Waals surface area contributed by atoms with E-state index in [4.69, 9.17) is 10.5 Å². The highest BCUT2D eigenvalue weighted by Gasteiger charge is 2.05. The van der Waals surface area contributed by atoms with Gasteiger partial charge in [-0.15, -0.1) is 0 Å². The zero-order chi connectivity index (χ0) is 13.1. The van der Waals surface area contributed by atoms with Crippen LogP contribution in [0.2, 0.25) is 0 Å².